The Balaban J connectivity index is 1.61. The highest BCUT2D eigenvalue weighted by Crippen LogP contribution is 2.27. The van der Waals surface area contributed by atoms with Crippen LogP contribution in [-0.4, -0.2) is 23.8 Å². The average Bonchev–Trinajstić information content (AvgIpc) is 2.64. The van der Waals surface area contributed by atoms with Crippen LogP contribution < -0.4 is 5.32 Å². The minimum atomic E-state index is -0.00671. The van der Waals surface area contributed by atoms with Crippen molar-refractivity contribution in [3.63, 3.8) is 0 Å². The number of aliphatic hydroxyl groups excluding tert-OH is 1. The molecule has 0 aromatic heterocycles. The molecule has 2 heteroatoms. The fourth-order valence-electron chi connectivity index (χ4n) is 3.07. The summed E-state index contributed by atoms with van der Waals surface area (Å²) >= 11 is 0. The van der Waals surface area contributed by atoms with Crippen molar-refractivity contribution in [3.05, 3.63) is 0 Å². The van der Waals surface area contributed by atoms with Gasteiger partial charge in [0, 0.05) is 6.04 Å². The van der Waals surface area contributed by atoms with Crippen molar-refractivity contribution in [2.75, 3.05) is 6.54 Å². The van der Waals surface area contributed by atoms with Gasteiger partial charge in [-0.2, -0.15) is 0 Å². The molecule has 2 N–H and O–H groups in total. The third-order valence-electron chi connectivity index (χ3n) is 4.21. The quantitative estimate of drug-likeness (QED) is 0.751. The first-order valence-corrected chi connectivity index (χ1v) is 6.65. The Hall–Kier alpha value is -0.0800. The van der Waals surface area contributed by atoms with Crippen LogP contribution in [0.5, 0.6) is 0 Å². The Kier molecular flexibility index (Phi) is 4.04. The largest absolute Gasteiger partial charge is 0.393 e. The molecule has 15 heavy (non-hydrogen) atoms. The molecule has 0 bridgehead atoms. The molecule has 88 valence electrons. The van der Waals surface area contributed by atoms with E-state index in [1.165, 1.54) is 38.6 Å². The molecule has 0 spiro atoms. The topological polar surface area (TPSA) is 32.3 Å². The lowest BCUT2D eigenvalue weighted by molar-refractivity contribution is 0.107. The molecule has 0 aromatic carbocycles. The van der Waals surface area contributed by atoms with Crippen molar-refractivity contribution in [2.24, 2.45) is 11.8 Å². The molecular weight excluding hydrogens is 186 g/mol. The Morgan fingerprint density at radius 1 is 1.07 bits per heavy atom. The first-order valence-electron chi connectivity index (χ1n) is 6.65. The van der Waals surface area contributed by atoms with Gasteiger partial charge in [0.15, 0.2) is 0 Å². The first kappa shape index (κ1) is 11.4. The van der Waals surface area contributed by atoms with Crippen LogP contribution in [0.25, 0.3) is 0 Å². The van der Waals surface area contributed by atoms with Crippen molar-refractivity contribution < 1.29 is 5.11 Å². The highest BCUT2D eigenvalue weighted by molar-refractivity contribution is 4.80. The van der Waals surface area contributed by atoms with Gasteiger partial charge in [-0.05, 0) is 63.3 Å². The summed E-state index contributed by atoms with van der Waals surface area (Å²) in [6, 6.07) is 0.784. The van der Waals surface area contributed by atoms with Crippen LogP contribution in [0.1, 0.15) is 51.9 Å². The van der Waals surface area contributed by atoms with Gasteiger partial charge in [-0.1, -0.05) is 6.92 Å². The van der Waals surface area contributed by atoms with Crippen LogP contribution >= 0.6 is 0 Å². The molecule has 0 heterocycles. The third-order valence-corrected chi connectivity index (χ3v) is 4.21. The van der Waals surface area contributed by atoms with Crippen LogP contribution in [0.15, 0.2) is 0 Å². The van der Waals surface area contributed by atoms with E-state index in [1.807, 2.05) is 0 Å². The number of aliphatic hydroxyl groups is 1. The molecule has 2 saturated carbocycles. The summed E-state index contributed by atoms with van der Waals surface area (Å²) in [6.45, 7) is 3.54. The van der Waals surface area contributed by atoms with Crippen molar-refractivity contribution in [1.29, 1.82) is 0 Å². The molecule has 2 fully saturated rings. The molecule has 0 radical (unpaired) electrons. The van der Waals surface area contributed by atoms with E-state index in [0.717, 1.165) is 30.7 Å². The maximum atomic E-state index is 9.42. The Labute approximate surface area is 93.5 Å². The molecule has 0 aromatic rings. The van der Waals surface area contributed by atoms with E-state index in [2.05, 4.69) is 12.2 Å². The molecule has 0 aliphatic heterocycles. The van der Waals surface area contributed by atoms with Gasteiger partial charge in [-0.3, -0.25) is 0 Å². The summed E-state index contributed by atoms with van der Waals surface area (Å²) in [5, 5.41) is 13.1. The minimum absolute atomic E-state index is 0.00671. The molecule has 0 saturated heterocycles. The van der Waals surface area contributed by atoms with Crippen molar-refractivity contribution in [1.82, 2.24) is 5.32 Å². The van der Waals surface area contributed by atoms with Gasteiger partial charge >= 0.3 is 0 Å². The molecule has 2 nitrogen and oxygen atoms in total. The summed E-state index contributed by atoms with van der Waals surface area (Å²) in [5.74, 6) is 1.75. The SMILES string of the molecule is CC1CCC(NCC2CCC(O)CC2)C1. The summed E-state index contributed by atoms with van der Waals surface area (Å²) in [5.41, 5.74) is 0. The molecule has 2 rings (SSSR count). The highest BCUT2D eigenvalue weighted by Gasteiger charge is 2.23. The van der Waals surface area contributed by atoms with Gasteiger partial charge in [0.2, 0.25) is 0 Å². The second kappa shape index (κ2) is 5.31. The maximum absolute atomic E-state index is 9.42. The normalized spacial score (nSPS) is 42.0. The number of hydrogen-bond donors (Lipinski definition) is 2. The Morgan fingerprint density at radius 2 is 1.80 bits per heavy atom. The number of hydrogen-bond acceptors (Lipinski definition) is 2. The van der Waals surface area contributed by atoms with Crippen LogP contribution in [-0.2, 0) is 0 Å². The average molecular weight is 211 g/mol. The zero-order chi connectivity index (χ0) is 10.7. The summed E-state index contributed by atoms with van der Waals surface area (Å²) < 4.78 is 0. The van der Waals surface area contributed by atoms with Crippen LogP contribution in [0.2, 0.25) is 0 Å². The lowest BCUT2D eigenvalue weighted by Crippen LogP contribution is -2.33. The predicted octanol–water partition coefficient (Wildman–Crippen LogP) is 2.32. The lowest BCUT2D eigenvalue weighted by atomic mass is 9.87. The molecular formula is C13H25NO. The maximum Gasteiger partial charge on any atom is 0.0540 e. The van der Waals surface area contributed by atoms with Gasteiger partial charge in [-0.25, -0.2) is 0 Å². The first-order chi connectivity index (χ1) is 7.24. The smallest absolute Gasteiger partial charge is 0.0540 e. The number of nitrogens with one attached hydrogen (secondary N) is 1. The van der Waals surface area contributed by atoms with Gasteiger partial charge in [0.1, 0.15) is 0 Å². The van der Waals surface area contributed by atoms with E-state index in [9.17, 15) is 5.11 Å². The Bertz CT molecular complexity index is 187. The summed E-state index contributed by atoms with van der Waals surface area (Å²) in [7, 11) is 0. The standard InChI is InChI=1S/C13H25NO/c1-10-2-5-12(8-10)14-9-11-3-6-13(15)7-4-11/h10-15H,2-9H2,1H3. The van der Waals surface area contributed by atoms with E-state index in [1.54, 1.807) is 0 Å². The van der Waals surface area contributed by atoms with E-state index >= 15 is 0 Å². The zero-order valence-corrected chi connectivity index (χ0v) is 9.91. The molecule has 2 atom stereocenters. The molecule has 2 aliphatic rings. The van der Waals surface area contributed by atoms with Crippen molar-refractivity contribution >= 4 is 0 Å². The second-order valence-electron chi connectivity index (χ2n) is 5.70. The molecule has 2 unspecified atom stereocenters. The van der Waals surface area contributed by atoms with E-state index < -0.39 is 0 Å². The monoisotopic (exact) mass is 211 g/mol. The van der Waals surface area contributed by atoms with Crippen molar-refractivity contribution in [2.45, 2.75) is 64.0 Å². The van der Waals surface area contributed by atoms with Crippen LogP contribution in [0, 0.1) is 11.8 Å². The minimum Gasteiger partial charge on any atom is -0.393 e. The van der Waals surface area contributed by atoms with Gasteiger partial charge < -0.3 is 10.4 Å². The lowest BCUT2D eigenvalue weighted by Gasteiger charge is -2.26. The van der Waals surface area contributed by atoms with E-state index in [4.69, 9.17) is 0 Å². The fourth-order valence-corrected chi connectivity index (χ4v) is 3.07. The van der Waals surface area contributed by atoms with Gasteiger partial charge in [-0.15, -0.1) is 0 Å². The van der Waals surface area contributed by atoms with E-state index in [0.29, 0.717) is 0 Å². The molecule has 0 amide bonds. The summed E-state index contributed by atoms with van der Waals surface area (Å²) in [6.07, 6.45) is 8.62. The molecule has 2 aliphatic carbocycles. The fraction of sp³-hybridized carbons (Fsp3) is 1.00. The third kappa shape index (κ3) is 3.46. The van der Waals surface area contributed by atoms with Crippen molar-refractivity contribution in [3.8, 4) is 0 Å². The second-order valence-corrected chi connectivity index (χ2v) is 5.70. The predicted molar refractivity (Wildman–Crippen MR) is 62.8 cm³/mol. The zero-order valence-electron chi connectivity index (χ0n) is 9.91. The Morgan fingerprint density at radius 3 is 2.40 bits per heavy atom. The number of rotatable bonds is 3. The summed E-state index contributed by atoms with van der Waals surface area (Å²) in [4.78, 5) is 0. The van der Waals surface area contributed by atoms with Crippen LogP contribution in [0.4, 0.5) is 0 Å². The van der Waals surface area contributed by atoms with E-state index in [-0.39, 0.29) is 6.10 Å². The highest BCUT2D eigenvalue weighted by atomic mass is 16.3. The van der Waals surface area contributed by atoms with Gasteiger partial charge in [0.05, 0.1) is 6.10 Å². The van der Waals surface area contributed by atoms with Gasteiger partial charge in [0.25, 0.3) is 0 Å². The van der Waals surface area contributed by atoms with Crippen LogP contribution in [0.3, 0.4) is 0 Å².